The maximum atomic E-state index is 12.9. The monoisotopic (exact) mass is 496 g/mol. The summed E-state index contributed by atoms with van der Waals surface area (Å²) in [5.41, 5.74) is 6.01. The van der Waals surface area contributed by atoms with E-state index in [4.69, 9.17) is 4.74 Å². The van der Waals surface area contributed by atoms with Crippen LogP contribution in [-0.2, 0) is 14.3 Å². The first-order valence-corrected chi connectivity index (χ1v) is 11.8. The van der Waals surface area contributed by atoms with Crippen LogP contribution in [0.2, 0.25) is 0 Å². The minimum absolute atomic E-state index is 0.181. The number of nitrogens with one attached hydrogen (secondary N) is 2. The summed E-state index contributed by atoms with van der Waals surface area (Å²) in [4.78, 5) is 37.6. The van der Waals surface area contributed by atoms with Crippen molar-refractivity contribution >= 4 is 23.5 Å². The zero-order valence-electron chi connectivity index (χ0n) is 20.9. The van der Waals surface area contributed by atoms with Crippen LogP contribution in [0.3, 0.4) is 0 Å². The second kappa shape index (κ2) is 11.3. The van der Waals surface area contributed by atoms with Gasteiger partial charge in [-0.1, -0.05) is 66.2 Å². The Morgan fingerprint density at radius 1 is 0.838 bits per heavy atom. The first kappa shape index (κ1) is 25.4. The van der Waals surface area contributed by atoms with Crippen molar-refractivity contribution in [2.45, 2.75) is 20.8 Å². The third-order valence-electron chi connectivity index (χ3n) is 5.71. The molecule has 0 saturated heterocycles. The van der Waals surface area contributed by atoms with Crippen molar-refractivity contribution in [2.24, 2.45) is 0 Å². The number of esters is 1. The van der Waals surface area contributed by atoms with E-state index >= 15 is 0 Å². The van der Waals surface area contributed by atoms with Crippen molar-refractivity contribution in [1.82, 2.24) is 15.1 Å². The number of rotatable bonds is 8. The number of anilines is 1. The number of para-hydroxylation sites is 1. The van der Waals surface area contributed by atoms with Gasteiger partial charge in [0.1, 0.15) is 0 Å². The lowest BCUT2D eigenvalue weighted by Gasteiger charge is -2.13. The van der Waals surface area contributed by atoms with Crippen LogP contribution in [0.25, 0.3) is 16.9 Å². The number of nitrogens with zero attached hydrogens (tertiary/aromatic N) is 2. The predicted molar refractivity (Wildman–Crippen MR) is 142 cm³/mol. The van der Waals surface area contributed by atoms with E-state index in [-0.39, 0.29) is 18.1 Å². The maximum Gasteiger partial charge on any atom is 0.357 e. The molecule has 0 aliphatic rings. The summed E-state index contributed by atoms with van der Waals surface area (Å²) in [6, 6.07) is 24.2. The van der Waals surface area contributed by atoms with Crippen LogP contribution in [-0.4, -0.2) is 40.7 Å². The normalized spacial score (nSPS) is 10.6. The summed E-state index contributed by atoms with van der Waals surface area (Å²) in [5.74, 6) is -1.66. The maximum absolute atomic E-state index is 12.9. The Kier molecular flexibility index (Phi) is 7.78. The topological polar surface area (TPSA) is 102 Å². The summed E-state index contributed by atoms with van der Waals surface area (Å²) in [5, 5.41) is 9.89. The number of ether oxygens (including phenoxy) is 1. The number of amides is 2. The molecule has 0 radical (unpaired) electrons. The molecular weight excluding hydrogens is 468 g/mol. The molecule has 0 bridgehead atoms. The number of aromatic nitrogens is 2. The fourth-order valence-electron chi connectivity index (χ4n) is 4.04. The minimum Gasteiger partial charge on any atom is -0.451 e. The Bertz CT molecular complexity index is 1410. The van der Waals surface area contributed by atoms with Gasteiger partial charge in [-0.15, -0.1) is 0 Å². The largest absolute Gasteiger partial charge is 0.451 e. The third-order valence-corrected chi connectivity index (χ3v) is 5.71. The second-order valence-corrected chi connectivity index (χ2v) is 8.70. The van der Waals surface area contributed by atoms with Gasteiger partial charge in [-0.25, -0.2) is 9.48 Å². The van der Waals surface area contributed by atoms with Crippen LogP contribution in [0, 0.1) is 20.8 Å². The van der Waals surface area contributed by atoms with Crippen molar-refractivity contribution in [3.63, 3.8) is 0 Å². The van der Waals surface area contributed by atoms with E-state index in [9.17, 15) is 14.4 Å². The van der Waals surface area contributed by atoms with Crippen LogP contribution in [0.15, 0.2) is 78.9 Å². The number of carbonyl (C=O) groups is 3. The molecule has 4 rings (SSSR count). The molecule has 1 aromatic heterocycles. The van der Waals surface area contributed by atoms with E-state index in [1.165, 1.54) is 4.68 Å². The van der Waals surface area contributed by atoms with Crippen LogP contribution < -0.4 is 10.6 Å². The van der Waals surface area contributed by atoms with Crippen molar-refractivity contribution in [1.29, 1.82) is 0 Å². The molecule has 0 atom stereocenters. The van der Waals surface area contributed by atoms with Crippen molar-refractivity contribution in [3.8, 4) is 16.9 Å². The average molecular weight is 497 g/mol. The summed E-state index contributed by atoms with van der Waals surface area (Å²) in [6.45, 7) is 5.04. The Balaban J connectivity index is 1.38. The molecule has 8 heteroatoms. The van der Waals surface area contributed by atoms with E-state index < -0.39 is 18.5 Å². The van der Waals surface area contributed by atoms with Gasteiger partial charge in [-0.2, -0.15) is 5.10 Å². The Morgan fingerprint density at radius 2 is 1.46 bits per heavy atom. The minimum atomic E-state index is -0.705. The Morgan fingerprint density at radius 3 is 2.11 bits per heavy atom. The fourth-order valence-corrected chi connectivity index (χ4v) is 4.04. The van der Waals surface area contributed by atoms with Gasteiger partial charge in [0.15, 0.2) is 12.3 Å². The molecule has 0 aliphatic heterocycles. The number of benzene rings is 3. The highest BCUT2D eigenvalue weighted by Gasteiger charge is 2.20. The summed E-state index contributed by atoms with van der Waals surface area (Å²) >= 11 is 0. The van der Waals surface area contributed by atoms with E-state index in [1.54, 1.807) is 6.07 Å². The lowest BCUT2D eigenvalue weighted by atomic mass is 10.1. The van der Waals surface area contributed by atoms with Gasteiger partial charge < -0.3 is 15.4 Å². The van der Waals surface area contributed by atoms with E-state index in [1.807, 2.05) is 93.6 Å². The summed E-state index contributed by atoms with van der Waals surface area (Å²) in [6.07, 6.45) is 0. The molecule has 3 aromatic carbocycles. The van der Waals surface area contributed by atoms with Crippen molar-refractivity contribution in [3.05, 3.63) is 101 Å². The quantitative estimate of drug-likeness (QED) is 0.353. The molecule has 0 aliphatic carbocycles. The van der Waals surface area contributed by atoms with Gasteiger partial charge in [0.2, 0.25) is 5.91 Å². The highest BCUT2D eigenvalue weighted by molar-refractivity contribution is 5.96. The summed E-state index contributed by atoms with van der Waals surface area (Å²) in [7, 11) is 0. The first-order chi connectivity index (χ1) is 17.8. The molecule has 188 valence electrons. The lowest BCUT2D eigenvalue weighted by Crippen LogP contribution is -2.36. The van der Waals surface area contributed by atoms with Crippen LogP contribution in [0.4, 0.5) is 5.69 Å². The van der Waals surface area contributed by atoms with Crippen molar-refractivity contribution < 1.29 is 19.1 Å². The second-order valence-electron chi connectivity index (χ2n) is 8.70. The highest BCUT2D eigenvalue weighted by atomic mass is 16.5. The molecule has 0 fully saturated rings. The number of aryl methyl sites for hydroxylation is 3. The number of hydrogen-bond acceptors (Lipinski definition) is 5. The van der Waals surface area contributed by atoms with Crippen LogP contribution in [0.1, 0.15) is 27.2 Å². The number of hydrogen-bond donors (Lipinski definition) is 2. The van der Waals surface area contributed by atoms with Gasteiger partial charge in [-0.05, 0) is 50.1 Å². The van der Waals surface area contributed by atoms with Gasteiger partial charge in [-0.3, -0.25) is 9.59 Å². The molecular formula is C29H28N4O4. The standard InChI is InChI=1S/C29H28N4O4/c1-19-14-20(2)28(21(3)15-19)31-26(34)17-30-27(35)18-37-29(36)25-16-24(22-10-6-4-7-11-22)32-33(25)23-12-8-5-9-13-23/h4-16H,17-18H2,1-3H3,(H,30,35)(H,31,34). The molecule has 1 heterocycles. The van der Waals surface area contributed by atoms with Crippen LogP contribution >= 0.6 is 0 Å². The smallest absolute Gasteiger partial charge is 0.357 e. The molecule has 0 saturated carbocycles. The van der Waals surface area contributed by atoms with Crippen LogP contribution in [0.5, 0.6) is 0 Å². The van der Waals surface area contributed by atoms with E-state index in [0.717, 1.165) is 27.9 Å². The summed E-state index contributed by atoms with van der Waals surface area (Å²) < 4.78 is 6.75. The van der Waals surface area contributed by atoms with Gasteiger partial charge in [0, 0.05) is 11.3 Å². The highest BCUT2D eigenvalue weighted by Crippen LogP contribution is 2.23. The molecule has 2 N–H and O–H groups in total. The van der Waals surface area contributed by atoms with E-state index in [2.05, 4.69) is 15.7 Å². The SMILES string of the molecule is Cc1cc(C)c(NC(=O)CNC(=O)COC(=O)c2cc(-c3ccccc3)nn2-c2ccccc2)c(C)c1. The zero-order valence-corrected chi connectivity index (χ0v) is 20.9. The molecule has 8 nitrogen and oxygen atoms in total. The molecule has 0 unspecified atom stereocenters. The fraction of sp³-hybridized carbons (Fsp3) is 0.172. The van der Waals surface area contributed by atoms with Gasteiger partial charge in [0.25, 0.3) is 5.91 Å². The van der Waals surface area contributed by atoms with E-state index in [0.29, 0.717) is 11.4 Å². The Labute approximate surface area is 215 Å². The Hall–Kier alpha value is -4.72. The molecule has 2 amide bonds. The predicted octanol–water partition coefficient (Wildman–Crippen LogP) is 4.38. The first-order valence-electron chi connectivity index (χ1n) is 11.8. The molecule has 37 heavy (non-hydrogen) atoms. The third kappa shape index (κ3) is 6.29. The van der Waals surface area contributed by atoms with Gasteiger partial charge >= 0.3 is 5.97 Å². The van der Waals surface area contributed by atoms with Crippen molar-refractivity contribution in [2.75, 3.05) is 18.5 Å². The lowest BCUT2D eigenvalue weighted by molar-refractivity contribution is -0.126. The average Bonchev–Trinajstić information content (AvgIpc) is 3.35. The molecule has 4 aromatic rings. The number of carbonyl (C=O) groups excluding carboxylic acids is 3. The molecule has 0 spiro atoms. The van der Waals surface area contributed by atoms with Gasteiger partial charge in [0.05, 0.1) is 17.9 Å². The zero-order chi connectivity index (χ0) is 26.4.